The zero-order chi connectivity index (χ0) is 35.1. The van der Waals surface area contributed by atoms with Crippen molar-refractivity contribution in [1.82, 2.24) is 0 Å². The first-order valence-corrected chi connectivity index (χ1v) is 18.3. The monoisotopic (exact) mass is 684 g/mol. The van der Waals surface area contributed by atoms with Crippen molar-refractivity contribution in [2.75, 3.05) is 13.2 Å². The van der Waals surface area contributed by atoms with E-state index < -0.39 is 68.5 Å². The van der Waals surface area contributed by atoms with E-state index in [1.807, 2.05) is 36.4 Å². The average molecular weight is 685 g/mol. The first kappa shape index (κ1) is 37.2. The van der Waals surface area contributed by atoms with Crippen LogP contribution in [0.1, 0.15) is 74.1 Å². The average Bonchev–Trinajstić information content (AvgIpc) is 3.32. The van der Waals surface area contributed by atoms with Crippen LogP contribution in [-0.2, 0) is 52.0 Å². The molecule has 48 heavy (non-hydrogen) atoms. The van der Waals surface area contributed by atoms with E-state index in [-0.39, 0.29) is 18.1 Å². The smallest absolute Gasteiger partial charge is 0.303 e. The van der Waals surface area contributed by atoms with Gasteiger partial charge in [-0.05, 0) is 28.3 Å². The van der Waals surface area contributed by atoms with Crippen LogP contribution in [0.2, 0.25) is 5.04 Å². The molecule has 0 aliphatic carbocycles. The van der Waals surface area contributed by atoms with Crippen LogP contribution in [0.4, 0.5) is 0 Å². The first-order chi connectivity index (χ1) is 22.7. The standard InChI is InChI=1S/C36H48O11Si/c1-24(37)41-23-31(44-26(3)39)33-34-32(45-27(4)40)30(43-25(2)38)22-36(46-33,47-34)20-14-15-21-42-48(35(5,6)7,28-16-10-8-11-17-28)29-18-12-9-13-19-29/h8-13,16-19,30-34H,14-15,20-23H2,1-7H3/t30-,31-,32-,33-,34-,36+/m1/s1. The number of esters is 4. The van der Waals surface area contributed by atoms with E-state index >= 15 is 0 Å². The van der Waals surface area contributed by atoms with Gasteiger partial charge in [-0.3, -0.25) is 19.2 Å². The Labute approximate surface area is 283 Å². The van der Waals surface area contributed by atoms with Crippen LogP contribution < -0.4 is 10.4 Å². The SMILES string of the molecule is CC(=O)OC[C@@H](OC(C)=O)[C@H]1O[C@]2(CCCCO[Si](c3ccccc3)(c3ccccc3)C(C)(C)C)C[C@@H](OC(C)=O)[C@@H](OC(C)=O)[C@H]1O2. The molecule has 4 rings (SSSR count). The molecule has 2 aliphatic rings. The molecule has 0 amide bonds. The first-order valence-electron chi connectivity index (χ1n) is 16.4. The summed E-state index contributed by atoms with van der Waals surface area (Å²) in [6.45, 7) is 11.8. The lowest BCUT2D eigenvalue weighted by Gasteiger charge is -2.43. The van der Waals surface area contributed by atoms with Gasteiger partial charge in [0.15, 0.2) is 18.0 Å². The summed E-state index contributed by atoms with van der Waals surface area (Å²) in [4.78, 5) is 48.0. The number of ether oxygens (including phenoxy) is 6. The molecule has 12 heteroatoms. The maximum absolute atomic E-state index is 12.1. The molecule has 11 nitrogen and oxygen atoms in total. The fourth-order valence-electron chi connectivity index (χ4n) is 6.90. The third-order valence-electron chi connectivity index (χ3n) is 8.67. The highest BCUT2D eigenvalue weighted by Gasteiger charge is 2.62. The van der Waals surface area contributed by atoms with Crippen LogP contribution in [0, 0.1) is 0 Å². The lowest BCUT2D eigenvalue weighted by Crippen LogP contribution is -2.66. The van der Waals surface area contributed by atoms with Crippen molar-refractivity contribution in [3.8, 4) is 0 Å². The summed E-state index contributed by atoms with van der Waals surface area (Å²) in [5, 5.41) is 2.20. The molecule has 262 valence electrons. The molecule has 2 aromatic carbocycles. The molecule has 2 aliphatic heterocycles. The summed E-state index contributed by atoms with van der Waals surface area (Å²) in [5.41, 5.74) is 0. The van der Waals surface area contributed by atoms with E-state index in [0.29, 0.717) is 25.9 Å². The van der Waals surface area contributed by atoms with Gasteiger partial charge in [0.1, 0.15) is 24.9 Å². The predicted molar refractivity (Wildman–Crippen MR) is 178 cm³/mol. The maximum atomic E-state index is 12.1. The molecule has 0 unspecified atom stereocenters. The molecule has 2 bridgehead atoms. The number of unbranched alkanes of at least 4 members (excludes halogenated alkanes) is 1. The Bertz CT molecular complexity index is 1370. The minimum absolute atomic E-state index is 0.0768. The fraction of sp³-hybridized carbons (Fsp3) is 0.556. The number of rotatable bonds is 14. The molecule has 2 saturated heterocycles. The summed E-state index contributed by atoms with van der Waals surface area (Å²) in [7, 11) is -2.73. The van der Waals surface area contributed by atoms with E-state index in [1.165, 1.54) is 38.1 Å². The van der Waals surface area contributed by atoms with Crippen molar-refractivity contribution in [3.05, 3.63) is 60.7 Å². The second kappa shape index (κ2) is 15.8. The molecule has 0 N–H and O–H groups in total. The normalized spacial score (nSPS) is 24.3. The van der Waals surface area contributed by atoms with Gasteiger partial charge in [-0.2, -0.15) is 0 Å². The van der Waals surface area contributed by atoms with Crippen LogP contribution >= 0.6 is 0 Å². The van der Waals surface area contributed by atoms with Crippen molar-refractivity contribution < 1.29 is 52.0 Å². The van der Waals surface area contributed by atoms with Crippen molar-refractivity contribution in [2.24, 2.45) is 0 Å². The van der Waals surface area contributed by atoms with Crippen molar-refractivity contribution in [2.45, 2.75) is 115 Å². The van der Waals surface area contributed by atoms with Gasteiger partial charge in [0, 0.05) is 47.1 Å². The Morgan fingerprint density at radius 3 is 1.90 bits per heavy atom. The van der Waals surface area contributed by atoms with Crippen LogP contribution in [0.15, 0.2) is 60.7 Å². The molecule has 6 atom stereocenters. The molecule has 0 saturated carbocycles. The van der Waals surface area contributed by atoms with Gasteiger partial charge in [-0.15, -0.1) is 0 Å². The van der Waals surface area contributed by atoms with Crippen LogP contribution in [0.3, 0.4) is 0 Å². The van der Waals surface area contributed by atoms with Gasteiger partial charge in [-0.25, -0.2) is 0 Å². The highest BCUT2D eigenvalue weighted by molar-refractivity contribution is 6.99. The van der Waals surface area contributed by atoms with Gasteiger partial charge >= 0.3 is 23.9 Å². The number of carbonyl (C=O) groups is 4. The zero-order valence-electron chi connectivity index (χ0n) is 28.9. The number of fused-ring (bicyclic) bond motifs is 2. The molecule has 0 spiro atoms. The Hall–Kier alpha value is -3.58. The van der Waals surface area contributed by atoms with Crippen LogP contribution in [0.5, 0.6) is 0 Å². The Balaban J connectivity index is 1.57. The number of carbonyl (C=O) groups excluding carboxylic acids is 4. The van der Waals surface area contributed by atoms with Crippen molar-refractivity contribution >= 4 is 42.6 Å². The maximum Gasteiger partial charge on any atom is 0.303 e. The van der Waals surface area contributed by atoms with Gasteiger partial charge in [-0.1, -0.05) is 81.4 Å². The summed E-state index contributed by atoms with van der Waals surface area (Å²) in [6, 6.07) is 20.8. The number of hydrogen-bond donors (Lipinski definition) is 0. The van der Waals surface area contributed by atoms with Crippen LogP contribution in [-0.4, -0.2) is 81.7 Å². The summed E-state index contributed by atoms with van der Waals surface area (Å²) in [5.74, 6) is -3.60. The lowest BCUT2D eigenvalue weighted by atomic mass is 9.91. The topological polar surface area (TPSA) is 133 Å². The molecular formula is C36H48O11Si. The quantitative estimate of drug-likeness (QED) is 0.124. The molecule has 0 aromatic heterocycles. The molecule has 2 aromatic rings. The molecule has 0 radical (unpaired) electrons. The zero-order valence-corrected chi connectivity index (χ0v) is 29.9. The van der Waals surface area contributed by atoms with Crippen molar-refractivity contribution in [3.63, 3.8) is 0 Å². The van der Waals surface area contributed by atoms with Gasteiger partial charge in [0.2, 0.25) is 0 Å². The second-order valence-electron chi connectivity index (χ2n) is 13.4. The number of benzene rings is 2. The summed E-state index contributed by atoms with van der Waals surface area (Å²) in [6.07, 6.45) is -3.19. The lowest BCUT2D eigenvalue weighted by molar-refractivity contribution is -0.251. The largest absolute Gasteiger partial charge is 0.462 e. The predicted octanol–water partition coefficient (Wildman–Crippen LogP) is 3.98. The van der Waals surface area contributed by atoms with E-state index in [4.69, 9.17) is 32.8 Å². The minimum Gasteiger partial charge on any atom is -0.462 e. The Kier molecular flexibility index (Phi) is 12.2. The number of hydrogen-bond acceptors (Lipinski definition) is 11. The Morgan fingerprint density at radius 1 is 0.812 bits per heavy atom. The molecular weight excluding hydrogens is 636 g/mol. The van der Waals surface area contributed by atoms with E-state index in [2.05, 4.69) is 45.0 Å². The highest BCUT2D eigenvalue weighted by atomic mass is 28.4. The summed E-state index contributed by atoms with van der Waals surface area (Å²) >= 11 is 0. The molecule has 2 fully saturated rings. The van der Waals surface area contributed by atoms with E-state index in [9.17, 15) is 19.2 Å². The summed E-state index contributed by atoms with van der Waals surface area (Å²) < 4.78 is 42.0. The van der Waals surface area contributed by atoms with Gasteiger partial charge in [0.25, 0.3) is 8.32 Å². The van der Waals surface area contributed by atoms with E-state index in [0.717, 1.165) is 0 Å². The van der Waals surface area contributed by atoms with Gasteiger partial charge in [0.05, 0.1) is 0 Å². The van der Waals surface area contributed by atoms with Gasteiger partial charge < -0.3 is 32.8 Å². The molecule has 2 heterocycles. The third-order valence-corrected chi connectivity index (χ3v) is 13.7. The highest BCUT2D eigenvalue weighted by Crippen LogP contribution is 2.47. The second-order valence-corrected chi connectivity index (χ2v) is 17.7. The van der Waals surface area contributed by atoms with E-state index in [1.54, 1.807) is 0 Å². The van der Waals surface area contributed by atoms with Crippen molar-refractivity contribution in [1.29, 1.82) is 0 Å². The van der Waals surface area contributed by atoms with Crippen LogP contribution in [0.25, 0.3) is 0 Å². The minimum atomic E-state index is -2.73. The Morgan fingerprint density at radius 2 is 1.40 bits per heavy atom. The fourth-order valence-corrected chi connectivity index (χ4v) is 11.5. The third kappa shape index (κ3) is 8.71.